The third-order valence-electron chi connectivity index (χ3n) is 3.26. The first-order chi connectivity index (χ1) is 8.63. The molecule has 2 rings (SSSR count). The molecule has 0 saturated carbocycles. The number of carbonyl (C=O) groups excluding carboxylic acids is 1. The van der Waals surface area contributed by atoms with Crippen LogP contribution in [0, 0.1) is 13.8 Å². The summed E-state index contributed by atoms with van der Waals surface area (Å²) >= 11 is 0. The summed E-state index contributed by atoms with van der Waals surface area (Å²) in [5, 5.41) is 6.92. The molecule has 0 aliphatic carbocycles. The van der Waals surface area contributed by atoms with E-state index in [1.54, 1.807) is 7.11 Å². The van der Waals surface area contributed by atoms with E-state index in [0.29, 0.717) is 18.7 Å². The average molecular weight is 249 g/mol. The number of carbonyl (C=O) groups is 1. The van der Waals surface area contributed by atoms with Crippen molar-refractivity contribution in [3.63, 3.8) is 0 Å². The van der Waals surface area contributed by atoms with Gasteiger partial charge in [0, 0.05) is 25.9 Å². The average Bonchev–Trinajstić information content (AvgIpc) is 2.70. The van der Waals surface area contributed by atoms with Crippen LogP contribution in [-0.4, -0.2) is 47.8 Å². The van der Waals surface area contributed by atoms with Crippen molar-refractivity contribution in [2.75, 3.05) is 26.8 Å². The number of hydrogen-bond donors (Lipinski definition) is 1. The lowest BCUT2D eigenvalue weighted by atomic mass is 10.1. The summed E-state index contributed by atoms with van der Waals surface area (Å²) in [6, 6.07) is 0. The summed E-state index contributed by atoms with van der Waals surface area (Å²) in [6.07, 6.45) is 2.96. The predicted molar refractivity (Wildman–Crippen MR) is 68.5 cm³/mol. The number of H-pyrrole nitrogens is 1. The lowest BCUT2D eigenvalue weighted by Gasteiger charge is -2.26. The first-order valence-corrected chi connectivity index (χ1v) is 6.11. The van der Waals surface area contributed by atoms with Gasteiger partial charge < -0.3 is 9.64 Å². The molecule has 1 N–H and O–H groups in total. The molecule has 5 heteroatoms. The number of nitrogens with zero attached hydrogens (tertiary/aromatic N) is 2. The largest absolute Gasteiger partial charge is 0.380 e. The molecule has 5 nitrogen and oxygen atoms in total. The van der Waals surface area contributed by atoms with Crippen LogP contribution in [0.15, 0.2) is 11.6 Å². The number of methoxy groups -OCH3 is 1. The number of aryl methyl sites for hydroxylation is 2. The van der Waals surface area contributed by atoms with Crippen LogP contribution in [0.25, 0.3) is 0 Å². The first kappa shape index (κ1) is 12.8. The van der Waals surface area contributed by atoms with Gasteiger partial charge in [-0.2, -0.15) is 5.10 Å². The van der Waals surface area contributed by atoms with Crippen LogP contribution in [0.2, 0.25) is 0 Å². The normalized spacial score (nSPS) is 15.7. The van der Waals surface area contributed by atoms with Gasteiger partial charge in [-0.05, 0) is 25.8 Å². The van der Waals surface area contributed by atoms with Crippen molar-refractivity contribution in [3.05, 3.63) is 28.6 Å². The molecule has 1 aliphatic heterocycles. The molecule has 2 heterocycles. The molecule has 0 radical (unpaired) electrons. The summed E-state index contributed by atoms with van der Waals surface area (Å²) in [7, 11) is 1.69. The number of nitrogens with one attached hydrogen (secondary N) is 1. The predicted octanol–water partition coefficient (Wildman–Crippen LogP) is 1.45. The molecular weight excluding hydrogens is 230 g/mol. The molecule has 18 heavy (non-hydrogen) atoms. The summed E-state index contributed by atoms with van der Waals surface area (Å²) in [4.78, 5) is 14.2. The molecule has 1 aliphatic rings. The van der Waals surface area contributed by atoms with Crippen molar-refractivity contribution >= 4 is 5.91 Å². The van der Waals surface area contributed by atoms with Crippen LogP contribution in [0.1, 0.15) is 28.2 Å². The van der Waals surface area contributed by atoms with Gasteiger partial charge in [0.2, 0.25) is 0 Å². The third kappa shape index (κ3) is 2.46. The summed E-state index contributed by atoms with van der Waals surface area (Å²) in [5.74, 6) is 0.0615. The van der Waals surface area contributed by atoms with Gasteiger partial charge in [0.05, 0.1) is 17.9 Å². The standard InChI is InChI=1S/C13H19N3O2/c1-9-12(10(2)15-14-9)13(17)16-6-4-11(5-7-16)8-18-3/h4H,5-8H2,1-3H3,(H,14,15). The Bertz CT molecular complexity index is 457. The molecule has 0 unspecified atom stereocenters. The number of aromatic nitrogens is 2. The van der Waals surface area contributed by atoms with Gasteiger partial charge in [0.1, 0.15) is 0 Å². The maximum absolute atomic E-state index is 12.4. The van der Waals surface area contributed by atoms with E-state index in [1.165, 1.54) is 5.57 Å². The van der Waals surface area contributed by atoms with E-state index < -0.39 is 0 Å². The number of rotatable bonds is 3. The molecule has 0 fully saturated rings. The van der Waals surface area contributed by atoms with Crippen molar-refractivity contribution in [3.8, 4) is 0 Å². The maximum Gasteiger partial charge on any atom is 0.257 e. The van der Waals surface area contributed by atoms with Crippen LogP contribution in [0.3, 0.4) is 0 Å². The molecule has 1 amide bonds. The summed E-state index contributed by atoms with van der Waals surface area (Å²) in [5.41, 5.74) is 3.58. The van der Waals surface area contributed by atoms with Crippen molar-refractivity contribution in [2.45, 2.75) is 20.3 Å². The van der Waals surface area contributed by atoms with Crippen molar-refractivity contribution < 1.29 is 9.53 Å². The minimum Gasteiger partial charge on any atom is -0.380 e. The second kappa shape index (κ2) is 5.35. The van der Waals surface area contributed by atoms with Crippen LogP contribution >= 0.6 is 0 Å². The molecule has 0 spiro atoms. The van der Waals surface area contributed by atoms with Gasteiger partial charge >= 0.3 is 0 Å². The molecule has 0 saturated heterocycles. The highest BCUT2D eigenvalue weighted by molar-refractivity contribution is 5.96. The Labute approximate surface area is 107 Å². The topological polar surface area (TPSA) is 58.2 Å². The highest BCUT2D eigenvalue weighted by Crippen LogP contribution is 2.17. The monoisotopic (exact) mass is 249 g/mol. The van der Waals surface area contributed by atoms with Gasteiger partial charge in [0.15, 0.2) is 0 Å². The van der Waals surface area contributed by atoms with E-state index in [0.717, 1.165) is 24.4 Å². The lowest BCUT2D eigenvalue weighted by Crippen LogP contribution is -2.35. The van der Waals surface area contributed by atoms with Gasteiger partial charge in [-0.3, -0.25) is 9.89 Å². The number of amides is 1. The second-order valence-corrected chi connectivity index (χ2v) is 4.61. The quantitative estimate of drug-likeness (QED) is 0.825. The maximum atomic E-state index is 12.4. The minimum atomic E-state index is 0.0615. The minimum absolute atomic E-state index is 0.0615. The molecule has 0 aromatic carbocycles. The van der Waals surface area contributed by atoms with Gasteiger partial charge in [-0.25, -0.2) is 0 Å². The Balaban J connectivity index is 2.09. The smallest absolute Gasteiger partial charge is 0.257 e. The molecule has 0 bridgehead atoms. The number of aromatic amines is 1. The van der Waals surface area contributed by atoms with Crippen molar-refractivity contribution in [1.82, 2.24) is 15.1 Å². The molecule has 1 aromatic heterocycles. The zero-order valence-electron chi connectivity index (χ0n) is 11.1. The fourth-order valence-electron chi connectivity index (χ4n) is 2.24. The van der Waals surface area contributed by atoms with E-state index in [4.69, 9.17) is 4.74 Å². The lowest BCUT2D eigenvalue weighted by molar-refractivity contribution is 0.0763. The third-order valence-corrected chi connectivity index (χ3v) is 3.26. The Hall–Kier alpha value is -1.62. The van der Waals surface area contributed by atoms with Crippen LogP contribution in [0.4, 0.5) is 0 Å². The van der Waals surface area contributed by atoms with E-state index in [1.807, 2.05) is 18.7 Å². The summed E-state index contributed by atoms with van der Waals surface area (Å²) < 4.78 is 5.10. The molecule has 0 atom stereocenters. The zero-order valence-corrected chi connectivity index (χ0v) is 11.1. The first-order valence-electron chi connectivity index (χ1n) is 6.11. The van der Waals surface area contributed by atoms with E-state index in [-0.39, 0.29) is 5.91 Å². The molecule has 98 valence electrons. The summed E-state index contributed by atoms with van der Waals surface area (Å²) in [6.45, 7) is 5.79. The highest BCUT2D eigenvalue weighted by atomic mass is 16.5. The Morgan fingerprint density at radius 3 is 2.83 bits per heavy atom. The van der Waals surface area contributed by atoms with Gasteiger partial charge in [-0.1, -0.05) is 6.08 Å². The Kier molecular flexibility index (Phi) is 3.81. The van der Waals surface area contributed by atoms with E-state index in [9.17, 15) is 4.79 Å². The fourth-order valence-corrected chi connectivity index (χ4v) is 2.24. The van der Waals surface area contributed by atoms with E-state index >= 15 is 0 Å². The van der Waals surface area contributed by atoms with Crippen molar-refractivity contribution in [2.24, 2.45) is 0 Å². The Morgan fingerprint density at radius 2 is 2.33 bits per heavy atom. The van der Waals surface area contributed by atoms with E-state index in [2.05, 4.69) is 16.3 Å². The SMILES string of the molecule is COCC1=CCN(C(=O)c2c(C)n[nH]c2C)CC1. The Morgan fingerprint density at radius 1 is 1.56 bits per heavy atom. The molecular formula is C13H19N3O2. The second-order valence-electron chi connectivity index (χ2n) is 4.61. The van der Waals surface area contributed by atoms with Crippen LogP contribution in [0.5, 0.6) is 0 Å². The molecule has 1 aromatic rings. The number of hydrogen-bond acceptors (Lipinski definition) is 3. The fraction of sp³-hybridized carbons (Fsp3) is 0.538. The van der Waals surface area contributed by atoms with Crippen molar-refractivity contribution in [1.29, 1.82) is 0 Å². The number of ether oxygens (including phenoxy) is 1. The zero-order chi connectivity index (χ0) is 13.1. The van der Waals surface area contributed by atoms with Crippen LogP contribution < -0.4 is 0 Å². The van der Waals surface area contributed by atoms with Crippen LogP contribution in [-0.2, 0) is 4.74 Å². The van der Waals surface area contributed by atoms with Gasteiger partial charge in [-0.15, -0.1) is 0 Å². The van der Waals surface area contributed by atoms with Gasteiger partial charge in [0.25, 0.3) is 5.91 Å². The highest BCUT2D eigenvalue weighted by Gasteiger charge is 2.23.